The van der Waals surface area contributed by atoms with Crippen molar-refractivity contribution in [2.45, 2.75) is 13.8 Å². The molecule has 1 aromatic carbocycles. The molecule has 0 bridgehead atoms. The zero-order chi connectivity index (χ0) is 16.2. The zero-order valence-electron chi connectivity index (χ0n) is 11.8. The smallest absolute Gasteiger partial charge is 0.331 e. The Hall–Kier alpha value is -2.35. The van der Waals surface area contributed by atoms with Gasteiger partial charge in [-0.1, -0.05) is 0 Å². The zero-order valence-corrected chi connectivity index (χ0v) is 12.6. The summed E-state index contributed by atoms with van der Waals surface area (Å²) in [4.78, 5) is 22.6. The van der Waals surface area contributed by atoms with E-state index in [1.165, 1.54) is 38.1 Å². The molecule has 0 fully saturated rings. The normalized spacial score (nSPS) is 12.3. The van der Waals surface area contributed by atoms with E-state index in [0.717, 1.165) is 6.26 Å². The molecule has 0 aliphatic heterocycles. The van der Waals surface area contributed by atoms with E-state index in [2.05, 4.69) is 10.0 Å². The molecule has 114 valence electrons. The van der Waals surface area contributed by atoms with Crippen LogP contribution in [0.1, 0.15) is 13.8 Å². The minimum absolute atomic E-state index is 0.0390. The molecular weight excluding hydrogens is 296 g/mol. The second-order valence-corrected chi connectivity index (χ2v) is 6.21. The number of hydrogen-bond donors (Lipinski definition) is 3. The third-order valence-electron chi connectivity index (χ3n) is 2.67. The topological polar surface area (TPSA) is 113 Å². The number of carbonyl (C=O) groups is 2. The van der Waals surface area contributed by atoms with Crippen LogP contribution in [0.15, 0.2) is 35.4 Å². The van der Waals surface area contributed by atoms with E-state index in [4.69, 9.17) is 5.11 Å². The van der Waals surface area contributed by atoms with Crippen LogP contribution < -0.4 is 10.0 Å². The molecular formula is C13H16N2O5S. The van der Waals surface area contributed by atoms with Crippen LogP contribution in [0.25, 0.3) is 0 Å². The van der Waals surface area contributed by atoms with Crippen LogP contribution in [0.5, 0.6) is 0 Å². The second kappa shape index (κ2) is 6.40. The summed E-state index contributed by atoms with van der Waals surface area (Å²) in [6.45, 7) is 2.76. The molecule has 8 heteroatoms. The number of benzene rings is 1. The van der Waals surface area contributed by atoms with Gasteiger partial charge in [-0.05, 0) is 38.1 Å². The molecule has 0 heterocycles. The molecule has 1 rings (SSSR count). The van der Waals surface area contributed by atoms with Crippen LogP contribution >= 0.6 is 0 Å². The van der Waals surface area contributed by atoms with Crippen molar-refractivity contribution in [2.75, 3.05) is 16.3 Å². The number of sulfonamides is 1. The predicted molar refractivity (Wildman–Crippen MR) is 79.5 cm³/mol. The molecule has 0 radical (unpaired) electrons. The van der Waals surface area contributed by atoms with Crippen molar-refractivity contribution >= 4 is 33.3 Å². The third kappa shape index (κ3) is 5.27. The Labute approximate surface area is 122 Å². The van der Waals surface area contributed by atoms with Gasteiger partial charge in [0.15, 0.2) is 0 Å². The molecule has 3 N–H and O–H groups in total. The Kier molecular flexibility index (Phi) is 5.09. The van der Waals surface area contributed by atoms with Gasteiger partial charge in [0.05, 0.1) is 6.26 Å². The lowest BCUT2D eigenvalue weighted by atomic mass is 10.1. The molecule has 0 saturated heterocycles. The Morgan fingerprint density at radius 3 is 1.90 bits per heavy atom. The van der Waals surface area contributed by atoms with Gasteiger partial charge in [-0.25, -0.2) is 13.2 Å². The van der Waals surface area contributed by atoms with Gasteiger partial charge in [0.1, 0.15) is 0 Å². The molecule has 21 heavy (non-hydrogen) atoms. The number of anilines is 2. The molecule has 0 aromatic heterocycles. The minimum Gasteiger partial charge on any atom is -0.478 e. The lowest BCUT2D eigenvalue weighted by molar-refractivity contribution is -0.133. The number of carbonyl (C=O) groups excluding carboxylic acids is 1. The molecule has 0 atom stereocenters. The number of hydrogen-bond acceptors (Lipinski definition) is 4. The Bertz CT molecular complexity index is 690. The van der Waals surface area contributed by atoms with Crippen molar-refractivity contribution in [2.24, 2.45) is 0 Å². The maximum absolute atomic E-state index is 11.8. The monoisotopic (exact) mass is 312 g/mol. The first-order chi connectivity index (χ1) is 9.60. The van der Waals surface area contributed by atoms with Gasteiger partial charge in [-0.15, -0.1) is 0 Å². The number of aliphatic carboxylic acids is 1. The van der Waals surface area contributed by atoms with Crippen molar-refractivity contribution in [3.05, 3.63) is 35.4 Å². The maximum atomic E-state index is 11.8. The summed E-state index contributed by atoms with van der Waals surface area (Å²) >= 11 is 0. The first-order valence-corrected chi connectivity index (χ1v) is 7.79. The fourth-order valence-electron chi connectivity index (χ4n) is 1.39. The highest BCUT2D eigenvalue weighted by Gasteiger charge is 2.12. The van der Waals surface area contributed by atoms with Gasteiger partial charge in [0.2, 0.25) is 10.0 Å². The van der Waals surface area contributed by atoms with Crippen LogP contribution in [-0.4, -0.2) is 31.7 Å². The molecule has 0 unspecified atom stereocenters. The van der Waals surface area contributed by atoms with Crippen molar-refractivity contribution in [1.82, 2.24) is 0 Å². The number of carboxylic acids is 1. The summed E-state index contributed by atoms with van der Waals surface area (Å²) < 4.78 is 24.4. The fourth-order valence-corrected chi connectivity index (χ4v) is 1.96. The van der Waals surface area contributed by atoms with Gasteiger partial charge in [0.25, 0.3) is 5.91 Å². The SMILES string of the molecule is CC(C(=O)O)=C(C)C(=O)Nc1ccc(NS(C)(=O)=O)cc1. The van der Waals surface area contributed by atoms with Crippen LogP contribution in [0.3, 0.4) is 0 Å². The lowest BCUT2D eigenvalue weighted by Crippen LogP contribution is -2.16. The van der Waals surface area contributed by atoms with Crippen molar-refractivity contribution < 1.29 is 23.1 Å². The van der Waals surface area contributed by atoms with Crippen LogP contribution in [0.2, 0.25) is 0 Å². The fraction of sp³-hybridized carbons (Fsp3) is 0.231. The van der Waals surface area contributed by atoms with Gasteiger partial charge in [-0.3, -0.25) is 9.52 Å². The van der Waals surface area contributed by atoms with E-state index in [0.29, 0.717) is 11.4 Å². The molecule has 0 spiro atoms. The molecule has 1 amide bonds. The quantitative estimate of drug-likeness (QED) is 0.712. The van der Waals surface area contributed by atoms with Gasteiger partial charge in [-0.2, -0.15) is 0 Å². The standard InChI is InChI=1S/C13H16N2O5S/c1-8(9(2)13(17)18)12(16)14-10-4-6-11(7-5-10)15-21(3,19)20/h4-7,15H,1-3H3,(H,14,16)(H,17,18). The van der Waals surface area contributed by atoms with Crippen LogP contribution in [-0.2, 0) is 19.6 Å². The number of nitrogens with one attached hydrogen (secondary N) is 2. The Morgan fingerprint density at radius 1 is 1.00 bits per heavy atom. The molecule has 1 aromatic rings. The van der Waals surface area contributed by atoms with E-state index < -0.39 is 21.9 Å². The van der Waals surface area contributed by atoms with E-state index >= 15 is 0 Å². The van der Waals surface area contributed by atoms with Crippen molar-refractivity contribution in [3.63, 3.8) is 0 Å². The van der Waals surface area contributed by atoms with E-state index in [1.807, 2.05) is 0 Å². The van der Waals surface area contributed by atoms with E-state index in [1.54, 1.807) is 0 Å². The number of rotatable bonds is 5. The van der Waals surface area contributed by atoms with Gasteiger partial charge < -0.3 is 10.4 Å². The van der Waals surface area contributed by atoms with Gasteiger partial charge in [0, 0.05) is 22.5 Å². The summed E-state index contributed by atoms with van der Waals surface area (Å²) in [6.07, 6.45) is 1.03. The molecule has 0 aliphatic rings. The second-order valence-electron chi connectivity index (χ2n) is 4.46. The largest absolute Gasteiger partial charge is 0.478 e. The Morgan fingerprint density at radius 2 is 1.48 bits per heavy atom. The Balaban J connectivity index is 2.83. The summed E-state index contributed by atoms with van der Waals surface area (Å²) in [5.74, 6) is -1.69. The van der Waals surface area contributed by atoms with E-state index in [9.17, 15) is 18.0 Å². The molecule has 0 aliphatic carbocycles. The predicted octanol–water partition coefficient (Wildman–Crippen LogP) is 1.42. The first kappa shape index (κ1) is 16.7. The summed E-state index contributed by atoms with van der Waals surface area (Å²) in [5, 5.41) is 11.3. The van der Waals surface area contributed by atoms with Gasteiger partial charge >= 0.3 is 5.97 Å². The summed E-state index contributed by atoms with van der Waals surface area (Å²) in [6, 6.07) is 5.99. The average molecular weight is 312 g/mol. The van der Waals surface area contributed by atoms with Crippen molar-refractivity contribution in [3.8, 4) is 0 Å². The van der Waals surface area contributed by atoms with E-state index in [-0.39, 0.29) is 11.1 Å². The molecule has 7 nitrogen and oxygen atoms in total. The maximum Gasteiger partial charge on any atom is 0.331 e. The van der Waals surface area contributed by atoms with Crippen LogP contribution in [0, 0.1) is 0 Å². The highest BCUT2D eigenvalue weighted by Crippen LogP contribution is 2.16. The van der Waals surface area contributed by atoms with Crippen LogP contribution in [0.4, 0.5) is 11.4 Å². The number of amides is 1. The highest BCUT2D eigenvalue weighted by atomic mass is 32.2. The lowest BCUT2D eigenvalue weighted by Gasteiger charge is -2.08. The first-order valence-electron chi connectivity index (χ1n) is 5.90. The highest BCUT2D eigenvalue weighted by molar-refractivity contribution is 7.92. The molecule has 0 saturated carbocycles. The minimum atomic E-state index is -3.36. The summed E-state index contributed by atoms with van der Waals surface area (Å²) in [5.41, 5.74) is 0.852. The number of carboxylic acid groups (broad SMARTS) is 1. The third-order valence-corrected chi connectivity index (χ3v) is 3.28. The summed E-state index contributed by atoms with van der Waals surface area (Å²) in [7, 11) is -3.36. The average Bonchev–Trinajstić information content (AvgIpc) is 2.37. The van der Waals surface area contributed by atoms with Crippen molar-refractivity contribution in [1.29, 1.82) is 0 Å².